The Hall–Kier alpha value is -0.890. The number of carbonyl (C=O) groups excluding carboxylic acids is 1. The molecule has 0 N–H and O–H groups in total. The summed E-state index contributed by atoms with van der Waals surface area (Å²) in [4.78, 5) is 11.0. The lowest BCUT2D eigenvalue weighted by Crippen LogP contribution is -2.16. The molecule has 9 heteroatoms. The lowest BCUT2D eigenvalue weighted by Gasteiger charge is -2.10. The molecular formula is C12H11Cl2FO5S. The highest BCUT2D eigenvalue weighted by Gasteiger charge is 2.25. The van der Waals surface area contributed by atoms with Crippen molar-refractivity contribution in [2.24, 2.45) is 5.92 Å². The SMILES string of the molecule is O=C(OCC1CCOC1)c1cc(Cl)cc(S(=O)(=O)Cl)c1F. The van der Waals surface area contributed by atoms with Crippen LogP contribution in [0.25, 0.3) is 0 Å². The quantitative estimate of drug-likeness (QED) is 0.612. The van der Waals surface area contributed by atoms with Gasteiger partial charge in [0, 0.05) is 28.2 Å². The van der Waals surface area contributed by atoms with E-state index in [2.05, 4.69) is 0 Å². The van der Waals surface area contributed by atoms with Crippen molar-refractivity contribution in [3.05, 3.63) is 28.5 Å². The van der Waals surface area contributed by atoms with Crippen LogP contribution in [0.15, 0.2) is 17.0 Å². The second-order valence-electron chi connectivity index (χ2n) is 4.53. The molecular weight excluding hydrogens is 346 g/mol. The van der Waals surface area contributed by atoms with Crippen LogP contribution in [0.5, 0.6) is 0 Å². The van der Waals surface area contributed by atoms with Crippen LogP contribution in [0.4, 0.5) is 4.39 Å². The Balaban J connectivity index is 2.22. The minimum atomic E-state index is -4.36. The van der Waals surface area contributed by atoms with Crippen molar-refractivity contribution in [1.82, 2.24) is 0 Å². The van der Waals surface area contributed by atoms with Crippen molar-refractivity contribution < 1.29 is 27.1 Å². The molecule has 0 aromatic heterocycles. The Labute approximate surface area is 130 Å². The van der Waals surface area contributed by atoms with Crippen LogP contribution in [0.1, 0.15) is 16.8 Å². The van der Waals surface area contributed by atoms with Crippen molar-refractivity contribution in [1.29, 1.82) is 0 Å². The van der Waals surface area contributed by atoms with Gasteiger partial charge in [-0.3, -0.25) is 0 Å². The predicted octanol–water partition coefficient (Wildman–Crippen LogP) is 2.60. The second kappa shape index (κ2) is 6.48. The zero-order valence-corrected chi connectivity index (χ0v) is 13.0. The van der Waals surface area contributed by atoms with E-state index in [0.29, 0.717) is 13.2 Å². The minimum absolute atomic E-state index is 0.0485. The summed E-state index contributed by atoms with van der Waals surface area (Å²) in [5.74, 6) is -2.22. The summed E-state index contributed by atoms with van der Waals surface area (Å²) in [5, 5.41) is -0.133. The van der Waals surface area contributed by atoms with E-state index in [0.717, 1.165) is 18.6 Å². The first kappa shape index (κ1) is 16.5. The van der Waals surface area contributed by atoms with Crippen molar-refractivity contribution in [2.45, 2.75) is 11.3 Å². The molecule has 1 saturated heterocycles. The first-order chi connectivity index (χ1) is 9.79. The summed E-state index contributed by atoms with van der Waals surface area (Å²) in [7, 11) is 0.740. The Morgan fingerprint density at radius 1 is 1.48 bits per heavy atom. The zero-order valence-electron chi connectivity index (χ0n) is 10.6. The van der Waals surface area contributed by atoms with Gasteiger partial charge in [-0.05, 0) is 18.6 Å². The van der Waals surface area contributed by atoms with Gasteiger partial charge in [0.05, 0.1) is 18.8 Å². The molecule has 0 bridgehead atoms. The minimum Gasteiger partial charge on any atom is -0.462 e. The van der Waals surface area contributed by atoms with E-state index in [1.54, 1.807) is 0 Å². The molecule has 0 radical (unpaired) electrons. The molecule has 0 amide bonds. The smallest absolute Gasteiger partial charge is 0.341 e. The van der Waals surface area contributed by atoms with Crippen LogP contribution in [0.3, 0.4) is 0 Å². The molecule has 5 nitrogen and oxygen atoms in total. The number of hydrogen-bond donors (Lipinski definition) is 0. The van der Waals surface area contributed by atoms with Gasteiger partial charge in [-0.15, -0.1) is 0 Å². The maximum absolute atomic E-state index is 14.1. The maximum Gasteiger partial charge on any atom is 0.341 e. The third kappa shape index (κ3) is 4.06. The monoisotopic (exact) mass is 356 g/mol. The number of carbonyl (C=O) groups is 1. The third-order valence-electron chi connectivity index (χ3n) is 2.96. The van der Waals surface area contributed by atoms with Gasteiger partial charge in [0.15, 0.2) is 5.82 Å². The Kier molecular flexibility index (Phi) is 5.08. The topological polar surface area (TPSA) is 69.7 Å². The normalized spacial score (nSPS) is 18.7. The highest BCUT2D eigenvalue weighted by molar-refractivity contribution is 8.13. The number of ether oxygens (including phenoxy) is 2. The fourth-order valence-electron chi connectivity index (χ4n) is 1.88. The zero-order chi connectivity index (χ0) is 15.6. The molecule has 21 heavy (non-hydrogen) atoms. The van der Waals surface area contributed by atoms with E-state index in [4.69, 9.17) is 31.8 Å². The van der Waals surface area contributed by atoms with Crippen LogP contribution < -0.4 is 0 Å². The number of hydrogen-bond acceptors (Lipinski definition) is 5. The van der Waals surface area contributed by atoms with Crippen LogP contribution >= 0.6 is 22.3 Å². The van der Waals surface area contributed by atoms with E-state index >= 15 is 0 Å². The summed E-state index contributed by atoms with van der Waals surface area (Å²) in [5.41, 5.74) is -0.569. The number of benzene rings is 1. The summed E-state index contributed by atoms with van der Waals surface area (Å²) in [6.07, 6.45) is 0.743. The predicted molar refractivity (Wildman–Crippen MR) is 73.7 cm³/mol. The molecule has 1 aliphatic heterocycles. The molecule has 116 valence electrons. The lowest BCUT2D eigenvalue weighted by atomic mass is 10.1. The van der Waals surface area contributed by atoms with Crippen LogP contribution in [-0.2, 0) is 18.5 Å². The third-order valence-corrected chi connectivity index (χ3v) is 4.50. The molecule has 1 unspecified atom stereocenters. The number of halogens is 3. The summed E-state index contributed by atoms with van der Waals surface area (Å²) in [6.45, 7) is 1.11. The molecule has 0 aliphatic carbocycles. The lowest BCUT2D eigenvalue weighted by molar-refractivity contribution is 0.0422. The standard InChI is InChI=1S/C12H11Cl2FO5S/c13-8-3-9(11(15)10(4-8)21(14,17)18)12(16)20-6-7-1-2-19-5-7/h3-4,7H,1-2,5-6H2. The van der Waals surface area contributed by atoms with Gasteiger partial charge < -0.3 is 9.47 Å². The first-order valence-electron chi connectivity index (χ1n) is 5.97. The summed E-state index contributed by atoms with van der Waals surface area (Å²) >= 11 is 5.68. The van der Waals surface area contributed by atoms with Crippen molar-refractivity contribution in [2.75, 3.05) is 19.8 Å². The Morgan fingerprint density at radius 3 is 2.76 bits per heavy atom. The molecule has 1 aromatic rings. The maximum atomic E-state index is 14.1. The van der Waals surface area contributed by atoms with Gasteiger partial charge in [0.2, 0.25) is 0 Å². The van der Waals surface area contributed by atoms with Gasteiger partial charge in [-0.25, -0.2) is 17.6 Å². The average Bonchev–Trinajstić information content (AvgIpc) is 2.90. The molecule has 1 aromatic carbocycles. The summed E-state index contributed by atoms with van der Waals surface area (Å²) < 4.78 is 46.6. The van der Waals surface area contributed by atoms with Gasteiger partial charge >= 0.3 is 5.97 Å². The molecule has 1 atom stereocenters. The van der Waals surface area contributed by atoms with Gasteiger partial charge in [0.25, 0.3) is 9.05 Å². The average molecular weight is 357 g/mol. The van der Waals surface area contributed by atoms with E-state index < -0.39 is 31.3 Å². The van der Waals surface area contributed by atoms with Crippen molar-refractivity contribution in [3.63, 3.8) is 0 Å². The fourth-order valence-corrected chi connectivity index (χ4v) is 3.09. The second-order valence-corrected chi connectivity index (χ2v) is 7.50. The van der Waals surface area contributed by atoms with E-state index in [1.807, 2.05) is 0 Å². The van der Waals surface area contributed by atoms with Gasteiger partial charge in [-0.2, -0.15) is 0 Å². The van der Waals surface area contributed by atoms with Crippen LogP contribution in [0.2, 0.25) is 5.02 Å². The molecule has 1 heterocycles. The van der Waals surface area contributed by atoms with Gasteiger partial charge in [-0.1, -0.05) is 11.6 Å². The Morgan fingerprint density at radius 2 is 2.19 bits per heavy atom. The molecule has 2 rings (SSSR count). The van der Waals surface area contributed by atoms with Crippen LogP contribution in [0, 0.1) is 11.7 Å². The summed E-state index contributed by atoms with van der Waals surface area (Å²) in [6, 6.07) is 1.83. The molecule has 1 fully saturated rings. The highest BCUT2D eigenvalue weighted by atomic mass is 35.7. The molecule has 1 aliphatic rings. The number of rotatable bonds is 4. The van der Waals surface area contributed by atoms with E-state index in [1.165, 1.54) is 0 Å². The molecule has 0 saturated carbocycles. The largest absolute Gasteiger partial charge is 0.462 e. The fraction of sp³-hybridized carbons (Fsp3) is 0.417. The van der Waals surface area contributed by atoms with Crippen molar-refractivity contribution in [3.8, 4) is 0 Å². The van der Waals surface area contributed by atoms with Gasteiger partial charge in [0.1, 0.15) is 4.90 Å². The first-order valence-corrected chi connectivity index (χ1v) is 8.66. The van der Waals surface area contributed by atoms with E-state index in [9.17, 15) is 17.6 Å². The number of esters is 1. The Bertz CT molecular complexity index is 656. The van der Waals surface area contributed by atoms with Crippen LogP contribution in [-0.4, -0.2) is 34.2 Å². The highest BCUT2D eigenvalue weighted by Crippen LogP contribution is 2.27. The molecule has 0 spiro atoms. The van der Waals surface area contributed by atoms with Crippen molar-refractivity contribution >= 4 is 37.3 Å². The van der Waals surface area contributed by atoms with E-state index in [-0.39, 0.29) is 17.5 Å².